The fraction of sp³-hybridized carbons (Fsp3) is 0.500. The van der Waals surface area contributed by atoms with Crippen molar-refractivity contribution in [1.29, 1.82) is 0 Å². The second-order valence-corrected chi connectivity index (χ2v) is 2.58. The van der Waals surface area contributed by atoms with Crippen LogP contribution in [0.2, 0.25) is 0 Å². The van der Waals surface area contributed by atoms with Crippen molar-refractivity contribution in [3.63, 3.8) is 0 Å². The Morgan fingerprint density at radius 3 is 3.33 bits per heavy atom. The van der Waals surface area contributed by atoms with Crippen molar-refractivity contribution >= 4 is 0 Å². The van der Waals surface area contributed by atoms with Crippen LogP contribution in [0.15, 0.2) is 24.3 Å². The summed E-state index contributed by atoms with van der Waals surface area (Å²) < 4.78 is 5.34. The molecule has 48 valence electrons. The second-order valence-electron chi connectivity index (χ2n) is 2.58. The van der Waals surface area contributed by atoms with Crippen LogP contribution in [0.3, 0.4) is 0 Å². The van der Waals surface area contributed by atoms with E-state index < -0.39 is 0 Å². The fourth-order valence-corrected chi connectivity index (χ4v) is 1.39. The Morgan fingerprint density at radius 1 is 1.78 bits per heavy atom. The summed E-state index contributed by atoms with van der Waals surface area (Å²) in [5, 5.41) is 0. The van der Waals surface area contributed by atoms with Gasteiger partial charge in [0.25, 0.3) is 0 Å². The van der Waals surface area contributed by atoms with Crippen molar-refractivity contribution < 1.29 is 4.74 Å². The van der Waals surface area contributed by atoms with Gasteiger partial charge in [-0.05, 0) is 18.4 Å². The number of epoxide rings is 1. The summed E-state index contributed by atoms with van der Waals surface area (Å²) in [7, 11) is 0. The SMILES string of the molecule is C=CC1=CCC[C@H]2O[C@@H]12. The number of allylic oxidation sites excluding steroid dienone is 1. The standard InChI is InChI=1S/C8H10O/c1-2-6-4-3-5-7-8(6)9-7/h2,4,7-8H,1,3,5H2/t7-,8+/m1/s1. The van der Waals surface area contributed by atoms with Crippen molar-refractivity contribution in [2.45, 2.75) is 25.0 Å². The second kappa shape index (κ2) is 1.71. The lowest BCUT2D eigenvalue weighted by molar-refractivity contribution is 0.383. The zero-order valence-electron chi connectivity index (χ0n) is 5.34. The van der Waals surface area contributed by atoms with E-state index in [-0.39, 0.29) is 0 Å². The molecule has 2 atom stereocenters. The van der Waals surface area contributed by atoms with Crippen LogP contribution < -0.4 is 0 Å². The average Bonchev–Trinajstić information content (AvgIpc) is 2.64. The molecule has 1 heteroatoms. The van der Waals surface area contributed by atoms with Crippen LogP contribution in [0.4, 0.5) is 0 Å². The summed E-state index contributed by atoms with van der Waals surface area (Å²) in [4.78, 5) is 0. The summed E-state index contributed by atoms with van der Waals surface area (Å²) in [6, 6.07) is 0. The largest absolute Gasteiger partial charge is 0.365 e. The molecule has 1 nitrogen and oxygen atoms in total. The molecule has 0 unspecified atom stereocenters. The van der Waals surface area contributed by atoms with Crippen LogP contribution in [0.5, 0.6) is 0 Å². The first-order valence-corrected chi connectivity index (χ1v) is 3.40. The molecular formula is C8H10O. The first-order valence-electron chi connectivity index (χ1n) is 3.40. The Hall–Kier alpha value is -0.560. The van der Waals surface area contributed by atoms with Crippen LogP contribution in [-0.2, 0) is 4.74 Å². The lowest BCUT2D eigenvalue weighted by Crippen LogP contribution is -2.00. The summed E-state index contributed by atoms with van der Waals surface area (Å²) in [5.41, 5.74) is 1.30. The molecule has 0 aromatic rings. The van der Waals surface area contributed by atoms with Gasteiger partial charge >= 0.3 is 0 Å². The molecule has 1 saturated heterocycles. The minimum absolute atomic E-state index is 0.427. The molecule has 0 saturated carbocycles. The van der Waals surface area contributed by atoms with Crippen LogP contribution in [0, 0.1) is 0 Å². The maximum atomic E-state index is 5.34. The van der Waals surface area contributed by atoms with E-state index >= 15 is 0 Å². The van der Waals surface area contributed by atoms with Crippen molar-refractivity contribution in [2.75, 3.05) is 0 Å². The van der Waals surface area contributed by atoms with Gasteiger partial charge in [0.1, 0.15) is 6.10 Å². The van der Waals surface area contributed by atoms with Gasteiger partial charge in [0.15, 0.2) is 0 Å². The van der Waals surface area contributed by atoms with E-state index in [2.05, 4.69) is 12.7 Å². The number of fused-ring (bicyclic) bond motifs is 1. The van der Waals surface area contributed by atoms with Gasteiger partial charge in [-0.1, -0.05) is 18.7 Å². The fourth-order valence-electron chi connectivity index (χ4n) is 1.39. The van der Waals surface area contributed by atoms with E-state index in [9.17, 15) is 0 Å². The molecule has 1 heterocycles. The highest BCUT2D eigenvalue weighted by atomic mass is 16.6. The zero-order valence-corrected chi connectivity index (χ0v) is 5.34. The Labute approximate surface area is 55.0 Å². The molecule has 2 rings (SSSR count). The van der Waals surface area contributed by atoms with E-state index in [0.717, 1.165) is 0 Å². The van der Waals surface area contributed by atoms with Gasteiger partial charge in [-0.3, -0.25) is 0 Å². The lowest BCUT2D eigenvalue weighted by Gasteiger charge is -2.01. The highest BCUT2D eigenvalue weighted by Gasteiger charge is 2.41. The van der Waals surface area contributed by atoms with Gasteiger partial charge in [0.2, 0.25) is 0 Å². The quantitative estimate of drug-likeness (QED) is 0.482. The summed E-state index contributed by atoms with van der Waals surface area (Å²) >= 11 is 0. The van der Waals surface area contributed by atoms with Crippen LogP contribution in [0.1, 0.15) is 12.8 Å². The van der Waals surface area contributed by atoms with Gasteiger partial charge in [0.05, 0.1) is 6.10 Å². The normalized spacial score (nSPS) is 38.9. The van der Waals surface area contributed by atoms with Crippen LogP contribution >= 0.6 is 0 Å². The van der Waals surface area contributed by atoms with Crippen molar-refractivity contribution in [3.8, 4) is 0 Å². The van der Waals surface area contributed by atoms with Crippen LogP contribution in [0.25, 0.3) is 0 Å². The maximum Gasteiger partial charge on any atom is 0.109 e. The van der Waals surface area contributed by atoms with E-state index in [1.165, 1.54) is 18.4 Å². The Bertz CT molecular complexity index is 169. The molecule has 2 aliphatic rings. The highest BCUT2D eigenvalue weighted by Crippen LogP contribution is 2.37. The smallest absolute Gasteiger partial charge is 0.109 e. The molecular weight excluding hydrogens is 112 g/mol. The van der Waals surface area contributed by atoms with Gasteiger partial charge in [0, 0.05) is 0 Å². The monoisotopic (exact) mass is 122 g/mol. The first kappa shape index (κ1) is 5.24. The number of ether oxygens (including phenoxy) is 1. The van der Waals surface area contributed by atoms with E-state index in [0.29, 0.717) is 12.2 Å². The van der Waals surface area contributed by atoms with Gasteiger partial charge in [-0.2, -0.15) is 0 Å². The predicted octanol–water partition coefficient (Wildman–Crippen LogP) is 1.66. The molecule has 0 N–H and O–H groups in total. The highest BCUT2D eigenvalue weighted by molar-refractivity contribution is 5.29. The third-order valence-corrected chi connectivity index (χ3v) is 1.98. The van der Waals surface area contributed by atoms with Gasteiger partial charge in [-0.15, -0.1) is 0 Å². The molecule has 9 heavy (non-hydrogen) atoms. The number of hydrogen-bond acceptors (Lipinski definition) is 1. The third-order valence-electron chi connectivity index (χ3n) is 1.98. The summed E-state index contributed by atoms with van der Waals surface area (Å²) in [6.07, 6.45) is 7.48. The van der Waals surface area contributed by atoms with Crippen molar-refractivity contribution in [1.82, 2.24) is 0 Å². The average molecular weight is 122 g/mol. The van der Waals surface area contributed by atoms with Crippen molar-refractivity contribution in [3.05, 3.63) is 24.3 Å². The topological polar surface area (TPSA) is 12.5 Å². The number of rotatable bonds is 1. The molecule has 1 aliphatic carbocycles. The zero-order chi connectivity index (χ0) is 6.27. The molecule has 0 aromatic heterocycles. The van der Waals surface area contributed by atoms with Crippen molar-refractivity contribution in [2.24, 2.45) is 0 Å². The Kier molecular flexibility index (Phi) is 0.995. The molecule has 1 fully saturated rings. The van der Waals surface area contributed by atoms with Gasteiger partial charge < -0.3 is 4.74 Å². The van der Waals surface area contributed by atoms with E-state index in [1.807, 2.05) is 6.08 Å². The minimum atomic E-state index is 0.427. The maximum absolute atomic E-state index is 5.34. The van der Waals surface area contributed by atoms with Gasteiger partial charge in [-0.25, -0.2) is 0 Å². The Balaban J connectivity index is 2.19. The first-order chi connectivity index (χ1) is 4.42. The molecule has 0 amide bonds. The molecule has 0 radical (unpaired) electrons. The molecule has 0 spiro atoms. The molecule has 0 bridgehead atoms. The van der Waals surface area contributed by atoms with E-state index in [4.69, 9.17) is 4.74 Å². The predicted molar refractivity (Wildman–Crippen MR) is 36.2 cm³/mol. The van der Waals surface area contributed by atoms with Crippen LogP contribution in [-0.4, -0.2) is 12.2 Å². The molecule has 1 aliphatic heterocycles. The van der Waals surface area contributed by atoms with E-state index in [1.54, 1.807) is 0 Å². The molecule has 0 aromatic carbocycles. The Morgan fingerprint density at radius 2 is 2.67 bits per heavy atom. The minimum Gasteiger partial charge on any atom is -0.365 e. The number of hydrogen-bond donors (Lipinski definition) is 0. The summed E-state index contributed by atoms with van der Waals surface area (Å²) in [6.45, 7) is 3.71. The summed E-state index contributed by atoms with van der Waals surface area (Å²) in [5.74, 6) is 0. The lowest BCUT2D eigenvalue weighted by atomic mass is 10.0. The third kappa shape index (κ3) is 0.724.